The Morgan fingerprint density at radius 2 is 1.28 bits per heavy atom. The number of nitrogens with zero attached hydrogens (tertiary/aromatic N) is 3. The van der Waals surface area contributed by atoms with Crippen molar-refractivity contribution in [1.82, 2.24) is 9.97 Å². The molecule has 2 aromatic heterocycles. The van der Waals surface area contributed by atoms with Gasteiger partial charge in [-0.15, -0.1) is 0 Å². The molecule has 0 aliphatic rings. The Bertz CT molecular complexity index is 1420. The summed E-state index contributed by atoms with van der Waals surface area (Å²) in [6.45, 7) is 0.915. The average Bonchev–Trinajstić information content (AvgIpc) is 2.97. The Morgan fingerprint density at radius 1 is 0.667 bits per heavy atom. The lowest BCUT2D eigenvalue weighted by Gasteiger charge is -2.12. The summed E-state index contributed by atoms with van der Waals surface area (Å²) < 4.78 is 12.9. The van der Waals surface area contributed by atoms with Crippen LogP contribution < -0.4 is 14.0 Å². The van der Waals surface area contributed by atoms with Crippen molar-refractivity contribution in [2.45, 2.75) is 13.0 Å². The summed E-state index contributed by atoms with van der Waals surface area (Å²) in [6, 6.07) is 30.6. The normalized spacial score (nSPS) is 10.7. The Hall–Kier alpha value is -4.51. The monoisotopic (exact) mass is 474 g/mol. The van der Waals surface area contributed by atoms with Crippen LogP contribution in [0.3, 0.4) is 0 Å². The van der Waals surface area contributed by atoms with Gasteiger partial charge in [0.25, 0.3) is 0 Å². The minimum Gasteiger partial charge on any atom is -0.497 e. The molecule has 0 atom stereocenters. The molecule has 0 fully saturated rings. The molecule has 3 aromatic carbocycles. The molecular formula is C31H28N3O2+. The molecule has 0 aliphatic carbocycles. The summed E-state index contributed by atoms with van der Waals surface area (Å²) in [6.07, 6.45) is 7.07. The molecule has 178 valence electrons. The van der Waals surface area contributed by atoms with Crippen LogP contribution >= 0.6 is 0 Å². The Kier molecular flexibility index (Phi) is 6.99. The van der Waals surface area contributed by atoms with Gasteiger partial charge in [-0.25, -0.2) is 14.5 Å². The molecule has 5 rings (SSSR count). The van der Waals surface area contributed by atoms with Crippen LogP contribution in [0.2, 0.25) is 0 Å². The van der Waals surface area contributed by atoms with Crippen molar-refractivity contribution in [1.29, 1.82) is 0 Å². The topological polar surface area (TPSA) is 48.1 Å². The number of pyridine rings is 1. The molecule has 0 amide bonds. The molecule has 0 spiro atoms. The fraction of sp³-hybridized carbons (Fsp3) is 0.129. The van der Waals surface area contributed by atoms with Crippen LogP contribution in [-0.2, 0) is 13.0 Å². The molecule has 36 heavy (non-hydrogen) atoms. The zero-order valence-electron chi connectivity index (χ0n) is 20.5. The number of aryl methyl sites for hydroxylation is 2. The second-order valence-corrected chi connectivity index (χ2v) is 8.47. The fourth-order valence-corrected chi connectivity index (χ4v) is 4.13. The molecule has 5 heteroatoms. The third-order valence-corrected chi connectivity index (χ3v) is 6.20. The number of methoxy groups -OCH3 is 2. The highest BCUT2D eigenvalue weighted by Gasteiger charge is 2.14. The average molecular weight is 475 g/mol. The largest absolute Gasteiger partial charge is 0.497 e. The summed E-state index contributed by atoms with van der Waals surface area (Å²) in [7, 11) is 3.34. The zero-order valence-corrected chi connectivity index (χ0v) is 20.5. The van der Waals surface area contributed by atoms with Crippen LogP contribution in [0.4, 0.5) is 0 Å². The van der Waals surface area contributed by atoms with Crippen LogP contribution in [-0.4, -0.2) is 24.2 Å². The van der Waals surface area contributed by atoms with Crippen molar-refractivity contribution in [2.24, 2.45) is 0 Å². The van der Waals surface area contributed by atoms with E-state index in [-0.39, 0.29) is 0 Å². The van der Waals surface area contributed by atoms with E-state index < -0.39 is 0 Å². The third-order valence-electron chi connectivity index (χ3n) is 6.20. The Balaban J connectivity index is 1.46. The van der Waals surface area contributed by atoms with E-state index in [0.717, 1.165) is 52.4 Å². The molecule has 0 bridgehead atoms. The third kappa shape index (κ3) is 5.26. The first-order chi connectivity index (χ1) is 17.7. The highest BCUT2D eigenvalue weighted by atomic mass is 16.5. The molecular weight excluding hydrogens is 446 g/mol. The molecule has 0 radical (unpaired) electrons. The first kappa shape index (κ1) is 23.2. The molecule has 0 aliphatic heterocycles. The van der Waals surface area contributed by atoms with E-state index in [2.05, 4.69) is 53.4 Å². The van der Waals surface area contributed by atoms with Crippen LogP contribution in [0.25, 0.3) is 33.8 Å². The minimum atomic E-state index is 0.688. The molecule has 5 aromatic rings. The van der Waals surface area contributed by atoms with Crippen LogP contribution in [0.5, 0.6) is 11.5 Å². The van der Waals surface area contributed by atoms with Gasteiger partial charge >= 0.3 is 0 Å². The molecule has 0 N–H and O–H groups in total. The Labute approximate surface area is 211 Å². The van der Waals surface area contributed by atoms with Gasteiger partial charge in [0.15, 0.2) is 24.8 Å². The lowest BCUT2D eigenvalue weighted by atomic mass is 10.00. The second-order valence-electron chi connectivity index (χ2n) is 8.47. The van der Waals surface area contributed by atoms with Gasteiger partial charge in [0.2, 0.25) is 0 Å². The summed E-state index contributed by atoms with van der Waals surface area (Å²) in [5, 5.41) is 0. The lowest BCUT2D eigenvalue weighted by Crippen LogP contribution is -2.33. The summed E-state index contributed by atoms with van der Waals surface area (Å²) in [5.74, 6) is 2.31. The van der Waals surface area contributed by atoms with E-state index in [1.54, 1.807) is 14.2 Å². The maximum absolute atomic E-state index is 5.35. The fourth-order valence-electron chi connectivity index (χ4n) is 4.13. The predicted octanol–water partition coefficient (Wildman–Crippen LogP) is 6.03. The van der Waals surface area contributed by atoms with Crippen LogP contribution in [0.15, 0.2) is 110 Å². The van der Waals surface area contributed by atoms with Crippen molar-refractivity contribution in [2.75, 3.05) is 14.2 Å². The summed E-state index contributed by atoms with van der Waals surface area (Å²) >= 11 is 0. The van der Waals surface area contributed by atoms with Crippen molar-refractivity contribution >= 4 is 0 Å². The number of ether oxygens (including phenoxy) is 2. The van der Waals surface area contributed by atoms with Crippen molar-refractivity contribution < 1.29 is 14.0 Å². The van der Waals surface area contributed by atoms with E-state index in [1.807, 2.05) is 60.8 Å². The molecule has 0 saturated carbocycles. The van der Waals surface area contributed by atoms with E-state index in [0.29, 0.717) is 5.82 Å². The van der Waals surface area contributed by atoms with Crippen molar-refractivity contribution in [3.8, 4) is 45.3 Å². The van der Waals surface area contributed by atoms with E-state index >= 15 is 0 Å². The van der Waals surface area contributed by atoms with E-state index in [4.69, 9.17) is 19.4 Å². The van der Waals surface area contributed by atoms with E-state index in [9.17, 15) is 0 Å². The van der Waals surface area contributed by atoms with Crippen molar-refractivity contribution in [3.63, 3.8) is 0 Å². The zero-order chi connectivity index (χ0) is 24.7. The maximum Gasteiger partial charge on any atom is 0.169 e. The van der Waals surface area contributed by atoms with Gasteiger partial charge in [0, 0.05) is 41.4 Å². The summed E-state index contributed by atoms with van der Waals surface area (Å²) in [4.78, 5) is 9.75. The highest BCUT2D eigenvalue weighted by Crippen LogP contribution is 2.33. The highest BCUT2D eigenvalue weighted by molar-refractivity contribution is 5.81. The van der Waals surface area contributed by atoms with Gasteiger partial charge < -0.3 is 9.47 Å². The molecule has 0 unspecified atom stereocenters. The molecule has 2 heterocycles. The van der Waals surface area contributed by atoms with Gasteiger partial charge in [0.1, 0.15) is 11.5 Å². The SMILES string of the molecule is COc1ccc(-c2cnc(-c3cc[n+](CCc4ccccc4)cc3)nc2-c2ccc(OC)cc2)cc1. The lowest BCUT2D eigenvalue weighted by molar-refractivity contribution is -0.696. The van der Waals surface area contributed by atoms with Gasteiger partial charge in [-0.2, -0.15) is 0 Å². The maximum atomic E-state index is 5.35. The smallest absolute Gasteiger partial charge is 0.169 e. The first-order valence-electron chi connectivity index (χ1n) is 11.9. The number of benzene rings is 3. The van der Waals surface area contributed by atoms with Gasteiger partial charge in [0.05, 0.1) is 19.9 Å². The first-order valence-corrected chi connectivity index (χ1v) is 11.9. The van der Waals surface area contributed by atoms with E-state index in [1.165, 1.54) is 5.56 Å². The van der Waals surface area contributed by atoms with Crippen molar-refractivity contribution in [3.05, 3.63) is 115 Å². The number of rotatable bonds is 8. The van der Waals surface area contributed by atoms with Crippen LogP contribution in [0.1, 0.15) is 5.56 Å². The minimum absolute atomic E-state index is 0.688. The number of aromatic nitrogens is 3. The number of hydrogen-bond acceptors (Lipinski definition) is 4. The van der Waals surface area contributed by atoms with Crippen LogP contribution in [0, 0.1) is 0 Å². The van der Waals surface area contributed by atoms with Gasteiger partial charge in [-0.05, 0) is 47.5 Å². The quantitative estimate of drug-likeness (QED) is 0.258. The van der Waals surface area contributed by atoms with Gasteiger partial charge in [-0.1, -0.05) is 42.5 Å². The molecule has 5 nitrogen and oxygen atoms in total. The van der Waals surface area contributed by atoms with Gasteiger partial charge in [-0.3, -0.25) is 0 Å². The second kappa shape index (κ2) is 10.8. The Morgan fingerprint density at radius 3 is 1.89 bits per heavy atom. The molecule has 0 saturated heterocycles. The number of hydrogen-bond donors (Lipinski definition) is 0. The summed E-state index contributed by atoms with van der Waals surface area (Å²) in [5.41, 5.74) is 6.16. The standard InChI is InChI=1S/C31H28N3O2/c1-35-27-12-8-24(9-13-27)29-22-32-31(33-30(29)25-10-14-28(36-2)15-11-25)26-17-20-34(21-18-26)19-16-23-6-4-3-5-7-23/h3-15,17-18,20-22H,16,19H2,1-2H3/q+1. The predicted molar refractivity (Wildman–Crippen MR) is 142 cm³/mol.